The van der Waals surface area contributed by atoms with Crippen molar-refractivity contribution >= 4 is 0 Å². The summed E-state index contributed by atoms with van der Waals surface area (Å²) in [7, 11) is 0. The molecule has 0 amide bonds. The van der Waals surface area contributed by atoms with Crippen LogP contribution < -0.4 is 0 Å². The third-order valence-electron chi connectivity index (χ3n) is 4.77. The molecule has 1 saturated carbocycles. The Hall–Kier alpha value is -0.0800. The summed E-state index contributed by atoms with van der Waals surface area (Å²) in [6.45, 7) is 5.87. The van der Waals surface area contributed by atoms with Gasteiger partial charge in [-0.15, -0.1) is 0 Å². The SMILES string of the molecule is CCC(C)N1CCCC1C1CCCCC1O. The minimum Gasteiger partial charge on any atom is -0.393 e. The second-order valence-corrected chi connectivity index (χ2v) is 5.72. The summed E-state index contributed by atoms with van der Waals surface area (Å²) in [6.07, 6.45) is 8.70. The maximum Gasteiger partial charge on any atom is 0.0583 e. The van der Waals surface area contributed by atoms with Crippen LogP contribution in [-0.2, 0) is 0 Å². The van der Waals surface area contributed by atoms with Crippen LogP contribution in [0.2, 0.25) is 0 Å². The third-order valence-corrected chi connectivity index (χ3v) is 4.77. The third kappa shape index (κ3) is 2.43. The maximum absolute atomic E-state index is 10.2. The highest BCUT2D eigenvalue weighted by molar-refractivity contribution is 4.91. The van der Waals surface area contributed by atoms with Crippen molar-refractivity contribution in [1.29, 1.82) is 0 Å². The van der Waals surface area contributed by atoms with Crippen LogP contribution in [0.1, 0.15) is 58.8 Å². The van der Waals surface area contributed by atoms with Crippen molar-refractivity contribution in [3.63, 3.8) is 0 Å². The molecule has 0 aromatic heterocycles. The maximum atomic E-state index is 10.2. The van der Waals surface area contributed by atoms with E-state index in [1.807, 2.05) is 0 Å². The number of hydrogen-bond donors (Lipinski definition) is 1. The highest BCUT2D eigenvalue weighted by Crippen LogP contribution is 2.35. The zero-order valence-corrected chi connectivity index (χ0v) is 10.9. The Labute approximate surface area is 100 Å². The van der Waals surface area contributed by atoms with Gasteiger partial charge >= 0.3 is 0 Å². The Morgan fingerprint density at radius 2 is 1.94 bits per heavy atom. The lowest BCUT2D eigenvalue weighted by atomic mass is 9.80. The van der Waals surface area contributed by atoms with Gasteiger partial charge in [-0.05, 0) is 45.6 Å². The standard InChI is InChI=1S/C14H27NO/c1-3-11(2)15-10-6-8-13(15)12-7-4-5-9-14(12)16/h11-14,16H,3-10H2,1-2H3. The predicted octanol–water partition coefficient (Wildman–Crippen LogP) is 2.80. The molecule has 2 fully saturated rings. The van der Waals surface area contributed by atoms with Crippen molar-refractivity contribution in [3.8, 4) is 0 Å². The van der Waals surface area contributed by atoms with Gasteiger partial charge in [0.2, 0.25) is 0 Å². The highest BCUT2D eigenvalue weighted by Gasteiger charge is 2.37. The largest absolute Gasteiger partial charge is 0.393 e. The molecule has 0 bridgehead atoms. The molecule has 2 rings (SSSR count). The Balaban J connectivity index is 2.00. The lowest BCUT2D eigenvalue weighted by Crippen LogP contribution is -2.46. The molecule has 1 aliphatic heterocycles. The number of aliphatic hydroxyl groups excluding tert-OH is 1. The van der Waals surface area contributed by atoms with E-state index in [1.54, 1.807) is 0 Å². The summed E-state index contributed by atoms with van der Waals surface area (Å²) in [5, 5.41) is 10.2. The molecule has 16 heavy (non-hydrogen) atoms. The van der Waals surface area contributed by atoms with Crippen molar-refractivity contribution in [2.75, 3.05) is 6.54 Å². The van der Waals surface area contributed by atoms with E-state index in [-0.39, 0.29) is 6.10 Å². The zero-order valence-electron chi connectivity index (χ0n) is 10.9. The van der Waals surface area contributed by atoms with Gasteiger partial charge in [0, 0.05) is 18.0 Å². The predicted molar refractivity (Wildman–Crippen MR) is 67.4 cm³/mol. The van der Waals surface area contributed by atoms with E-state index in [2.05, 4.69) is 18.7 Å². The quantitative estimate of drug-likeness (QED) is 0.798. The van der Waals surface area contributed by atoms with Crippen molar-refractivity contribution < 1.29 is 5.11 Å². The summed E-state index contributed by atoms with van der Waals surface area (Å²) in [4.78, 5) is 2.67. The number of aliphatic hydroxyl groups is 1. The van der Waals surface area contributed by atoms with Gasteiger partial charge in [-0.3, -0.25) is 4.90 Å². The van der Waals surface area contributed by atoms with Crippen LogP contribution in [0.3, 0.4) is 0 Å². The molecule has 94 valence electrons. The van der Waals surface area contributed by atoms with Crippen LogP contribution in [-0.4, -0.2) is 34.7 Å². The highest BCUT2D eigenvalue weighted by atomic mass is 16.3. The van der Waals surface area contributed by atoms with E-state index >= 15 is 0 Å². The Bertz CT molecular complexity index is 219. The van der Waals surface area contributed by atoms with Crippen LogP contribution in [0.15, 0.2) is 0 Å². The molecule has 1 heterocycles. The summed E-state index contributed by atoms with van der Waals surface area (Å²) < 4.78 is 0. The smallest absolute Gasteiger partial charge is 0.0583 e. The molecule has 0 aromatic rings. The van der Waals surface area contributed by atoms with Crippen molar-refractivity contribution in [3.05, 3.63) is 0 Å². The molecule has 2 heteroatoms. The molecule has 0 aromatic carbocycles. The van der Waals surface area contributed by atoms with Gasteiger partial charge < -0.3 is 5.11 Å². The lowest BCUT2D eigenvalue weighted by molar-refractivity contribution is 0.0120. The molecular weight excluding hydrogens is 198 g/mol. The van der Waals surface area contributed by atoms with Gasteiger partial charge in [-0.25, -0.2) is 0 Å². The second kappa shape index (κ2) is 5.50. The van der Waals surface area contributed by atoms with Crippen LogP contribution in [0, 0.1) is 5.92 Å². The number of nitrogens with zero attached hydrogens (tertiary/aromatic N) is 1. The van der Waals surface area contributed by atoms with Crippen molar-refractivity contribution in [1.82, 2.24) is 4.90 Å². The normalized spacial score (nSPS) is 38.8. The molecule has 0 spiro atoms. The molecule has 2 nitrogen and oxygen atoms in total. The van der Waals surface area contributed by atoms with Gasteiger partial charge in [0.25, 0.3) is 0 Å². The summed E-state index contributed by atoms with van der Waals surface area (Å²) in [6, 6.07) is 1.37. The fourth-order valence-electron chi connectivity index (χ4n) is 3.65. The van der Waals surface area contributed by atoms with E-state index in [4.69, 9.17) is 0 Å². The van der Waals surface area contributed by atoms with E-state index < -0.39 is 0 Å². The summed E-state index contributed by atoms with van der Waals surface area (Å²) in [5.41, 5.74) is 0. The fourth-order valence-corrected chi connectivity index (χ4v) is 3.65. The Kier molecular flexibility index (Phi) is 4.26. The first-order valence-electron chi connectivity index (χ1n) is 7.17. The van der Waals surface area contributed by atoms with E-state index in [9.17, 15) is 5.11 Å². The van der Waals surface area contributed by atoms with E-state index in [0.717, 1.165) is 6.42 Å². The number of rotatable bonds is 3. The molecule has 1 saturated heterocycles. The van der Waals surface area contributed by atoms with Gasteiger partial charge in [0.05, 0.1) is 6.10 Å². The van der Waals surface area contributed by atoms with Gasteiger partial charge in [-0.1, -0.05) is 19.8 Å². The van der Waals surface area contributed by atoms with Gasteiger partial charge in [0.1, 0.15) is 0 Å². The second-order valence-electron chi connectivity index (χ2n) is 5.72. The summed E-state index contributed by atoms with van der Waals surface area (Å²) >= 11 is 0. The number of hydrogen-bond acceptors (Lipinski definition) is 2. The van der Waals surface area contributed by atoms with Crippen LogP contribution in [0.25, 0.3) is 0 Å². The van der Waals surface area contributed by atoms with Crippen molar-refractivity contribution in [2.45, 2.75) is 77.0 Å². The summed E-state index contributed by atoms with van der Waals surface area (Å²) in [5.74, 6) is 0.560. The topological polar surface area (TPSA) is 23.5 Å². The zero-order chi connectivity index (χ0) is 11.5. The Morgan fingerprint density at radius 3 is 2.62 bits per heavy atom. The minimum absolute atomic E-state index is 0.0246. The number of likely N-dealkylation sites (tertiary alicyclic amines) is 1. The Morgan fingerprint density at radius 1 is 1.19 bits per heavy atom. The first-order valence-corrected chi connectivity index (χ1v) is 7.17. The molecule has 2 aliphatic rings. The monoisotopic (exact) mass is 225 g/mol. The van der Waals surface area contributed by atoms with Gasteiger partial charge in [-0.2, -0.15) is 0 Å². The molecule has 1 aliphatic carbocycles. The molecule has 1 N–H and O–H groups in total. The molecule has 0 radical (unpaired) electrons. The fraction of sp³-hybridized carbons (Fsp3) is 1.00. The van der Waals surface area contributed by atoms with Crippen LogP contribution >= 0.6 is 0 Å². The van der Waals surface area contributed by atoms with Gasteiger partial charge in [0.15, 0.2) is 0 Å². The molecular formula is C14H27NO. The van der Waals surface area contributed by atoms with Crippen molar-refractivity contribution in [2.24, 2.45) is 5.92 Å². The molecule has 4 atom stereocenters. The lowest BCUT2D eigenvalue weighted by Gasteiger charge is -2.39. The molecule has 4 unspecified atom stereocenters. The average Bonchev–Trinajstić information content (AvgIpc) is 2.77. The van der Waals surface area contributed by atoms with Crippen LogP contribution in [0.5, 0.6) is 0 Å². The minimum atomic E-state index is -0.0246. The van der Waals surface area contributed by atoms with Crippen LogP contribution in [0.4, 0.5) is 0 Å². The first kappa shape index (κ1) is 12.4. The van der Waals surface area contributed by atoms with E-state index in [1.165, 1.54) is 45.1 Å². The average molecular weight is 225 g/mol. The first-order chi connectivity index (χ1) is 7.74. The van der Waals surface area contributed by atoms with E-state index in [0.29, 0.717) is 18.0 Å².